The van der Waals surface area contributed by atoms with Gasteiger partial charge in [0, 0.05) is 19.4 Å². The van der Waals surface area contributed by atoms with Crippen LogP contribution in [0.5, 0.6) is 0 Å². The van der Waals surface area contributed by atoms with Gasteiger partial charge in [-0.3, -0.25) is 19.2 Å². The largest absolute Gasteiger partial charge is 0.460 e. The Morgan fingerprint density at radius 3 is 2.30 bits per heavy atom. The molecule has 0 aromatic heterocycles. The summed E-state index contributed by atoms with van der Waals surface area (Å²) in [6.07, 6.45) is 1.91. The van der Waals surface area contributed by atoms with Crippen LogP contribution in [-0.4, -0.2) is 54.5 Å². The van der Waals surface area contributed by atoms with Crippen molar-refractivity contribution in [1.82, 2.24) is 16.0 Å². The number of nitrogens with two attached hydrogens (primary N) is 1. The molecule has 0 saturated heterocycles. The van der Waals surface area contributed by atoms with Crippen molar-refractivity contribution in [2.24, 2.45) is 5.73 Å². The Bertz CT molecular complexity index is 1080. The molecule has 37 heavy (non-hydrogen) atoms. The smallest absolute Gasteiger partial charge is 0.306 e. The van der Waals surface area contributed by atoms with Crippen LogP contribution in [0.1, 0.15) is 58.9 Å². The average molecular weight is 513 g/mol. The Hall–Kier alpha value is -3.46. The molecule has 9 heteroatoms. The number of fused-ring (bicyclic) bond motifs is 1. The van der Waals surface area contributed by atoms with Crippen molar-refractivity contribution < 1.29 is 23.9 Å². The molecule has 0 unspecified atom stereocenters. The number of carbonyl (C=O) groups is 4. The van der Waals surface area contributed by atoms with Gasteiger partial charge >= 0.3 is 5.97 Å². The van der Waals surface area contributed by atoms with Crippen LogP contribution in [0.2, 0.25) is 0 Å². The second-order valence-electron chi connectivity index (χ2n) is 10.0. The summed E-state index contributed by atoms with van der Waals surface area (Å²) in [4.78, 5) is 50.5. The number of amides is 3. The van der Waals surface area contributed by atoms with Crippen molar-refractivity contribution in [3.05, 3.63) is 48.0 Å². The molecule has 2 atom stereocenters. The molecule has 0 fully saturated rings. The lowest BCUT2D eigenvalue weighted by molar-refractivity contribution is -0.155. The number of carbonyl (C=O) groups excluding carboxylic acids is 4. The zero-order valence-corrected chi connectivity index (χ0v) is 22.3. The van der Waals surface area contributed by atoms with Crippen molar-refractivity contribution in [3.8, 4) is 0 Å². The number of ether oxygens (including phenoxy) is 1. The molecule has 0 saturated carbocycles. The molecule has 0 spiro atoms. The summed E-state index contributed by atoms with van der Waals surface area (Å²) in [5.41, 5.74) is 5.64. The number of rotatable bonds is 13. The fraction of sp³-hybridized carbons (Fsp3) is 0.500. The van der Waals surface area contributed by atoms with E-state index in [1.54, 1.807) is 20.8 Å². The quantitative estimate of drug-likeness (QED) is 0.240. The van der Waals surface area contributed by atoms with E-state index in [0.29, 0.717) is 6.54 Å². The third-order valence-electron chi connectivity index (χ3n) is 5.61. The Kier molecular flexibility index (Phi) is 11.5. The molecule has 2 aromatic rings. The van der Waals surface area contributed by atoms with E-state index in [-0.39, 0.29) is 31.7 Å². The van der Waals surface area contributed by atoms with Crippen molar-refractivity contribution in [2.75, 3.05) is 13.1 Å². The van der Waals surface area contributed by atoms with Crippen LogP contribution >= 0.6 is 0 Å². The molecule has 202 valence electrons. The molecule has 2 rings (SSSR count). The minimum Gasteiger partial charge on any atom is -0.460 e. The topological polar surface area (TPSA) is 140 Å². The molecule has 0 heterocycles. The molecule has 3 amide bonds. The Morgan fingerprint density at radius 1 is 0.946 bits per heavy atom. The van der Waals surface area contributed by atoms with Gasteiger partial charge in [-0.2, -0.15) is 0 Å². The second kappa shape index (κ2) is 14.3. The number of nitrogens with one attached hydrogen (secondary N) is 3. The average Bonchev–Trinajstić information content (AvgIpc) is 2.84. The highest BCUT2D eigenvalue weighted by Crippen LogP contribution is 2.17. The molecular weight excluding hydrogens is 472 g/mol. The number of unbranched alkanes of at least 4 members (excludes halogenated alkanes) is 1. The van der Waals surface area contributed by atoms with Gasteiger partial charge in [0.05, 0.1) is 6.54 Å². The van der Waals surface area contributed by atoms with E-state index in [0.717, 1.165) is 29.2 Å². The Morgan fingerprint density at radius 2 is 1.65 bits per heavy atom. The summed E-state index contributed by atoms with van der Waals surface area (Å²) in [7, 11) is 0. The summed E-state index contributed by atoms with van der Waals surface area (Å²) in [5, 5.41) is 10.3. The molecule has 0 aliphatic heterocycles. The summed E-state index contributed by atoms with van der Waals surface area (Å²) in [6, 6.07) is 11.9. The summed E-state index contributed by atoms with van der Waals surface area (Å²) in [6.45, 7) is 7.45. The molecule has 5 N–H and O–H groups in total. The predicted octanol–water partition coefficient (Wildman–Crippen LogP) is 2.35. The highest BCUT2D eigenvalue weighted by Gasteiger charge is 2.28. The lowest BCUT2D eigenvalue weighted by Gasteiger charge is -2.24. The Balaban J connectivity index is 2.19. The summed E-state index contributed by atoms with van der Waals surface area (Å²) >= 11 is 0. The van der Waals surface area contributed by atoms with Crippen LogP contribution in [0.4, 0.5) is 0 Å². The standard InChI is InChI=1S/C28H40N4O5/c1-5-6-15-30-26(35)23(17-19-11-12-20-9-7-8-10-21(20)16-19)32-27(36)22(31-24(33)18-29)13-14-25(34)37-28(2,3)4/h7-12,16,22-23H,5-6,13-15,17-18,29H2,1-4H3,(H,30,35)(H,31,33)(H,32,36)/t22-,23+/m1/s1. The van der Waals surface area contributed by atoms with Crippen molar-refractivity contribution in [1.29, 1.82) is 0 Å². The van der Waals surface area contributed by atoms with Crippen LogP contribution in [0.15, 0.2) is 42.5 Å². The van der Waals surface area contributed by atoms with Gasteiger partial charge in [0.1, 0.15) is 17.7 Å². The first-order valence-electron chi connectivity index (χ1n) is 12.8. The number of hydrogen-bond donors (Lipinski definition) is 4. The first-order valence-corrected chi connectivity index (χ1v) is 12.8. The molecule has 0 bridgehead atoms. The van der Waals surface area contributed by atoms with Gasteiger partial charge in [-0.05, 0) is 49.9 Å². The normalized spacial score (nSPS) is 12.9. The SMILES string of the molecule is CCCCNC(=O)[C@H](Cc1ccc2ccccc2c1)NC(=O)[C@@H](CCC(=O)OC(C)(C)C)NC(=O)CN. The maximum Gasteiger partial charge on any atom is 0.306 e. The zero-order valence-electron chi connectivity index (χ0n) is 22.3. The summed E-state index contributed by atoms with van der Waals surface area (Å²) < 4.78 is 5.32. The number of hydrogen-bond acceptors (Lipinski definition) is 6. The maximum absolute atomic E-state index is 13.2. The highest BCUT2D eigenvalue weighted by molar-refractivity contribution is 5.93. The van der Waals surface area contributed by atoms with Gasteiger partial charge in [-0.1, -0.05) is 55.8 Å². The number of esters is 1. The third kappa shape index (κ3) is 10.6. The zero-order chi connectivity index (χ0) is 27.4. The summed E-state index contributed by atoms with van der Waals surface area (Å²) in [5.74, 6) is -1.91. The van der Waals surface area contributed by atoms with Crippen molar-refractivity contribution >= 4 is 34.5 Å². The fourth-order valence-electron chi connectivity index (χ4n) is 3.77. The van der Waals surface area contributed by atoms with Gasteiger partial charge in [0.2, 0.25) is 17.7 Å². The van der Waals surface area contributed by atoms with Crippen LogP contribution in [0.25, 0.3) is 10.8 Å². The fourth-order valence-corrected chi connectivity index (χ4v) is 3.77. The highest BCUT2D eigenvalue weighted by atomic mass is 16.6. The van der Waals surface area contributed by atoms with E-state index in [1.165, 1.54) is 0 Å². The molecule has 9 nitrogen and oxygen atoms in total. The molecule has 2 aromatic carbocycles. The van der Waals surface area contributed by atoms with Gasteiger partial charge in [0.15, 0.2) is 0 Å². The van der Waals surface area contributed by atoms with Crippen LogP contribution in [-0.2, 0) is 30.3 Å². The molecule has 0 radical (unpaired) electrons. The van der Waals surface area contributed by atoms with E-state index in [2.05, 4.69) is 16.0 Å². The first kappa shape index (κ1) is 29.8. The third-order valence-corrected chi connectivity index (χ3v) is 5.61. The second-order valence-corrected chi connectivity index (χ2v) is 10.0. The molecule has 0 aliphatic carbocycles. The van der Waals surface area contributed by atoms with Gasteiger partial charge in [0.25, 0.3) is 0 Å². The van der Waals surface area contributed by atoms with Gasteiger partial charge in [-0.25, -0.2) is 0 Å². The van der Waals surface area contributed by atoms with E-state index >= 15 is 0 Å². The minimum absolute atomic E-state index is 0.00658. The first-order chi connectivity index (χ1) is 17.5. The van der Waals surface area contributed by atoms with Gasteiger partial charge < -0.3 is 26.4 Å². The lowest BCUT2D eigenvalue weighted by atomic mass is 10.0. The van der Waals surface area contributed by atoms with E-state index < -0.39 is 35.5 Å². The molecule has 0 aliphatic rings. The molecular formula is C28H40N4O5. The predicted molar refractivity (Wildman–Crippen MR) is 144 cm³/mol. The Labute approximate surface area is 218 Å². The van der Waals surface area contributed by atoms with Crippen molar-refractivity contribution in [2.45, 2.75) is 77.5 Å². The van der Waals surface area contributed by atoms with Crippen LogP contribution in [0, 0.1) is 0 Å². The van der Waals surface area contributed by atoms with E-state index in [9.17, 15) is 19.2 Å². The van der Waals surface area contributed by atoms with Crippen LogP contribution < -0.4 is 21.7 Å². The maximum atomic E-state index is 13.2. The minimum atomic E-state index is -1.05. The van der Waals surface area contributed by atoms with Crippen molar-refractivity contribution in [3.63, 3.8) is 0 Å². The van der Waals surface area contributed by atoms with E-state index in [4.69, 9.17) is 10.5 Å². The van der Waals surface area contributed by atoms with E-state index in [1.807, 2.05) is 49.4 Å². The monoisotopic (exact) mass is 512 g/mol. The van der Waals surface area contributed by atoms with Gasteiger partial charge in [-0.15, -0.1) is 0 Å². The lowest BCUT2D eigenvalue weighted by Crippen LogP contribution is -2.55. The number of benzene rings is 2. The van der Waals surface area contributed by atoms with Crippen LogP contribution in [0.3, 0.4) is 0 Å².